The molecule has 0 aliphatic carbocycles. The lowest BCUT2D eigenvalue weighted by Crippen LogP contribution is -2.57. The fourth-order valence-corrected chi connectivity index (χ4v) is 7.99. The van der Waals surface area contributed by atoms with Crippen molar-refractivity contribution in [3.63, 3.8) is 0 Å². The van der Waals surface area contributed by atoms with Crippen molar-refractivity contribution >= 4 is 50.9 Å². The highest BCUT2D eigenvalue weighted by atomic mass is 79.9. The molecule has 10 heteroatoms. The Hall–Kier alpha value is -3.24. The number of halogens is 2. The van der Waals surface area contributed by atoms with Crippen LogP contribution in [0.4, 0.5) is 5.69 Å². The molecule has 6 rings (SSSR count). The minimum absolute atomic E-state index is 0.244. The second-order valence-corrected chi connectivity index (χ2v) is 12.7. The van der Waals surface area contributed by atoms with E-state index in [2.05, 4.69) is 26.6 Å². The number of rotatable bonds is 9. The predicted octanol–water partition coefficient (Wildman–Crippen LogP) is 3.95. The molecule has 3 aromatic rings. The van der Waals surface area contributed by atoms with Crippen LogP contribution in [0.5, 0.6) is 0 Å². The molecule has 3 aliphatic heterocycles. The van der Waals surface area contributed by atoms with Gasteiger partial charge in [0, 0.05) is 11.4 Å². The molecule has 3 saturated heterocycles. The van der Waals surface area contributed by atoms with Gasteiger partial charge in [0.15, 0.2) is 0 Å². The number of anilines is 1. The zero-order valence-electron chi connectivity index (χ0n) is 22.7. The van der Waals surface area contributed by atoms with E-state index in [0.717, 1.165) is 11.1 Å². The van der Waals surface area contributed by atoms with E-state index in [9.17, 15) is 19.5 Å². The Bertz CT molecular complexity index is 1480. The van der Waals surface area contributed by atoms with Crippen LogP contribution in [0.25, 0.3) is 0 Å². The number of ether oxygens (including phenoxy) is 1. The van der Waals surface area contributed by atoms with Gasteiger partial charge in [-0.25, -0.2) is 0 Å². The summed E-state index contributed by atoms with van der Waals surface area (Å²) in [6.45, 7) is -0.0670. The van der Waals surface area contributed by atoms with E-state index in [1.165, 1.54) is 4.90 Å². The van der Waals surface area contributed by atoms with Gasteiger partial charge >= 0.3 is 0 Å². The Morgan fingerprint density at radius 2 is 1.64 bits per heavy atom. The number of likely N-dealkylation sites (tertiary alicyclic amines) is 1. The number of aliphatic hydroxyl groups excluding tert-OH is 1. The van der Waals surface area contributed by atoms with Crippen LogP contribution in [-0.4, -0.2) is 63.0 Å². The number of nitrogens with one attached hydrogen (secondary N) is 2. The summed E-state index contributed by atoms with van der Waals surface area (Å²) in [6, 6.07) is 24.1. The normalized spacial score (nSPS) is 28.4. The van der Waals surface area contributed by atoms with Crippen molar-refractivity contribution in [2.45, 2.75) is 48.0 Å². The van der Waals surface area contributed by atoms with Crippen molar-refractivity contribution in [1.29, 1.82) is 0 Å². The van der Waals surface area contributed by atoms with Crippen LogP contribution in [0, 0.1) is 11.8 Å². The molecule has 3 amide bonds. The first-order valence-electron chi connectivity index (χ1n) is 14.0. The summed E-state index contributed by atoms with van der Waals surface area (Å²) in [7, 11) is 0. The maximum Gasteiger partial charge on any atom is 0.250 e. The third-order valence-corrected chi connectivity index (χ3v) is 9.81. The van der Waals surface area contributed by atoms with Gasteiger partial charge in [0.2, 0.25) is 17.7 Å². The first-order chi connectivity index (χ1) is 20.3. The highest BCUT2D eigenvalue weighted by Crippen LogP contribution is 2.60. The van der Waals surface area contributed by atoms with Crippen LogP contribution in [0.15, 0.2) is 84.9 Å². The van der Waals surface area contributed by atoms with Crippen molar-refractivity contribution in [1.82, 2.24) is 10.2 Å². The van der Waals surface area contributed by atoms with Crippen LogP contribution >= 0.6 is 27.5 Å². The predicted molar refractivity (Wildman–Crippen MR) is 162 cm³/mol. The number of benzene rings is 3. The number of hydrogen-bond donors (Lipinski definition) is 3. The lowest BCUT2D eigenvalue weighted by molar-refractivity contribution is -0.144. The average molecular weight is 653 g/mol. The molecule has 3 unspecified atom stereocenters. The smallest absolute Gasteiger partial charge is 0.250 e. The van der Waals surface area contributed by atoms with E-state index in [-0.39, 0.29) is 23.2 Å². The van der Waals surface area contributed by atoms with Gasteiger partial charge in [-0.05, 0) is 36.1 Å². The van der Waals surface area contributed by atoms with Crippen LogP contribution in [0.3, 0.4) is 0 Å². The maximum absolute atomic E-state index is 14.4. The molecule has 218 valence electrons. The second-order valence-electron chi connectivity index (χ2n) is 11.1. The van der Waals surface area contributed by atoms with Crippen molar-refractivity contribution < 1.29 is 24.2 Å². The zero-order valence-corrected chi connectivity index (χ0v) is 25.0. The number of nitrogens with zero attached hydrogens (tertiary/aromatic N) is 1. The highest BCUT2D eigenvalue weighted by molar-refractivity contribution is 9.09. The third kappa shape index (κ3) is 5.02. The van der Waals surface area contributed by atoms with Crippen LogP contribution in [0.2, 0.25) is 5.02 Å². The lowest BCUT2D eigenvalue weighted by Gasteiger charge is -2.37. The number of aliphatic hydroxyl groups is 1. The molecule has 3 heterocycles. The molecule has 0 aromatic heterocycles. The SMILES string of the molecule is O=C(Nc1ccccc1Cl)C1N([C@@H](CO)Cc2ccccc2)C(=O)[C@@H]2[C@H](C(=O)NCc3ccccc3)[C@H]3OC12CC3Br. The van der Waals surface area contributed by atoms with Gasteiger partial charge in [0.05, 0.1) is 41.3 Å². The van der Waals surface area contributed by atoms with Gasteiger partial charge < -0.3 is 25.4 Å². The Kier molecular flexibility index (Phi) is 8.11. The van der Waals surface area contributed by atoms with Gasteiger partial charge in [-0.1, -0.05) is 100 Å². The molecule has 3 aromatic carbocycles. The van der Waals surface area contributed by atoms with E-state index in [4.69, 9.17) is 16.3 Å². The Balaban J connectivity index is 1.36. The molecule has 7 atom stereocenters. The minimum Gasteiger partial charge on any atom is -0.394 e. The average Bonchev–Trinajstić information content (AvgIpc) is 3.60. The Labute approximate surface area is 257 Å². The topological polar surface area (TPSA) is 108 Å². The molecule has 1 spiro atoms. The lowest BCUT2D eigenvalue weighted by atomic mass is 9.70. The summed E-state index contributed by atoms with van der Waals surface area (Å²) in [5.74, 6) is -2.85. The van der Waals surface area contributed by atoms with Gasteiger partial charge in [0.1, 0.15) is 11.6 Å². The summed E-state index contributed by atoms with van der Waals surface area (Å²) >= 11 is 10.1. The fraction of sp³-hybridized carbons (Fsp3) is 0.344. The fourth-order valence-electron chi connectivity index (χ4n) is 6.86. The van der Waals surface area contributed by atoms with E-state index in [1.807, 2.05) is 60.7 Å². The monoisotopic (exact) mass is 651 g/mol. The Morgan fingerprint density at radius 3 is 2.31 bits per heavy atom. The van der Waals surface area contributed by atoms with Crippen molar-refractivity contribution in [3.05, 3.63) is 101 Å². The molecular formula is C32H31BrClN3O5. The number of para-hydroxylation sites is 1. The van der Waals surface area contributed by atoms with Gasteiger partial charge in [-0.3, -0.25) is 14.4 Å². The summed E-state index contributed by atoms with van der Waals surface area (Å²) in [5.41, 5.74) is 0.977. The van der Waals surface area contributed by atoms with Crippen molar-refractivity contribution in [2.24, 2.45) is 11.8 Å². The molecule has 8 nitrogen and oxygen atoms in total. The number of alkyl halides is 1. The minimum atomic E-state index is -1.26. The molecule has 3 fully saturated rings. The number of carbonyl (C=O) groups is 3. The number of hydrogen-bond acceptors (Lipinski definition) is 5. The molecule has 0 saturated carbocycles. The number of fused-ring (bicyclic) bond motifs is 1. The van der Waals surface area contributed by atoms with Gasteiger partial charge in [-0.2, -0.15) is 0 Å². The molecule has 0 radical (unpaired) electrons. The van der Waals surface area contributed by atoms with Crippen LogP contribution < -0.4 is 10.6 Å². The Morgan fingerprint density at radius 1 is 1.00 bits per heavy atom. The quantitative estimate of drug-likeness (QED) is 0.304. The van der Waals surface area contributed by atoms with Gasteiger partial charge in [0.25, 0.3) is 0 Å². The van der Waals surface area contributed by atoms with Crippen LogP contribution in [0.1, 0.15) is 17.5 Å². The standard InChI is InChI=1S/C32H31BrClN3O5/c33-22-16-32-26(25(27(22)42-32)29(39)35-17-20-11-5-2-6-12-20)31(41)37(21(18-38)15-19-9-3-1-4-10-19)28(32)30(40)36-24-14-8-7-13-23(24)34/h1-14,21-22,25-28,38H,15-18H2,(H,35,39)(H,36,40)/t21-,22?,25+,26+,27+,28?,32?/m1/s1. The van der Waals surface area contributed by atoms with Crippen molar-refractivity contribution in [3.8, 4) is 0 Å². The van der Waals surface area contributed by atoms with E-state index in [1.54, 1.807) is 24.3 Å². The van der Waals surface area contributed by atoms with Crippen LogP contribution in [-0.2, 0) is 32.1 Å². The first-order valence-corrected chi connectivity index (χ1v) is 15.3. The number of amides is 3. The number of carbonyl (C=O) groups excluding carboxylic acids is 3. The molecule has 2 bridgehead atoms. The van der Waals surface area contributed by atoms with Gasteiger partial charge in [-0.15, -0.1) is 0 Å². The summed E-state index contributed by atoms with van der Waals surface area (Å²) in [4.78, 5) is 43.6. The maximum atomic E-state index is 14.4. The van der Waals surface area contributed by atoms with E-state index >= 15 is 0 Å². The first kappa shape index (κ1) is 28.9. The molecular weight excluding hydrogens is 622 g/mol. The van der Waals surface area contributed by atoms with E-state index in [0.29, 0.717) is 30.1 Å². The summed E-state index contributed by atoms with van der Waals surface area (Å²) in [6.07, 6.45) is 0.0967. The third-order valence-electron chi connectivity index (χ3n) is 8.64. The molecule has 3 N–H and O–H groups in total. The zero-order chi connectivity index (χ0) is 29.4. The van der Waals surface area contributed by atoms with Crippen molar-refractivity contribution in [2.75, 3.05) is 11.9 Å². The summed E-state index contributed by atoms with van der Waals surface area (Å²) < 4.78 is 6.58. The second kappa shape index (κ2) is 11.8. The molecule has 42 heavy (non-hydrogen) atoms. The summed E-state index contributed by atoms with van der Waals surface area (Å²) in [5, 5.41) is 16.8. The largest absolute Gasteiger partial charge is 0.394 e. The highest BCUT2D eigenvalue weighted by Gasteiger charge is 2.77. The molecule has 3 aliphatic rings. The van der Waals surface area contributed by atoms with E-state index < -0.39 is 41.5 Å².